The number of amides is 1. The van der Waals surface area contributed by atoms with Crippen LogP contribution in [-0.2, 0) is 26.0 Å². The molecule has 4 rings (SSSR count). The summed E-state index contributed by atoms with van der Waals surface area (Å²) in [5.74, 6) is -0.795. The second-order valence-electron chi connectivity index (χ2n) is 9.40. The van der Waals surface area contributed by atoms with Gasteiger partial charge in [0.05, 0.1) is 11.0 Å². The third-order valence-electron chi connectivity index (χ3n) is 6.47. The fourth-order valence-corrected chi connectivity index (χ4v) is 5.46. The van der Waals surface area contributed by atoms with Gasteiger partial charge in [-0.25, -0.2) is 12.7 Å². The predicted molar refractivity (Wildman–Crippen MR) is 140 cm³/mol. The van der Waals surface area contributed by atoms with Gasteiger partial charge in [0.25, 0.3) is 0 Å². The Morgan fingerprint density at radius 2 is 1.92 bits per heavy atom. The van der Waals surface area contributed by atoms with Crippen LogP contribution in [0.3, 0.4) is 0 Å². The molecule has 0 saturated carbocycles. The van der Waals surface area contributed by atoms with E-state index in [-0.39, 0.29) is 40.9 Å². The number of aromatic amines is 1. The number of aryl methyl sites for hydroxylation is 1. The lowest BCUT2D eigenvalue weighted by atomic mass is 9.99. The highest BCUT2D eigenvalue weighted by Crippen LogP contribution is 2.30. The molecule has 1 atom stereocenters. The molecule has 0 radical (unpaired) electrons. The Morgan fingerprint density at radius 1 is 1.16 bits per heavy atom. The van der Waals surface area contributed by atoms with Gasteiger partial charge in [-0.1, -0.05) is 6.07 Å². The van der Waals surface area contributed by atoms with Gasteiger partial charge in [-0.15, -0.1) is 0 Å². The number of pyridine rings is 1. The molecule has 2 heterocycles. The van der Waals surface area contributed by atoms with E-state index in [1.807, 2.05) is 17.9 Å². The molecule has 1 unspecified atom stereocenters. The van der Waals surface area contributed by atoms with Crippen molar-refractivity contribution in [2.75, 3.05) is 38.7 Å². The van der Waals surface area contributed by atoms with Crippen molar-refractivity contribution in [3.8, 4) is 0 Å². The minimum Gasteiger partial charge on any atom is -0.368 e. The monoisotopic (exact) mass is 526 g/mol. The molecule has 0 bridgehead atoms. The Kier molecular flexibility index (Phi) is 7.49. The first-order valence-corrected chi connectivity index (χ1v) is 13.3. The molecule has 0 aliphatic carbocycles. The summed E-state index contributed by atoms with van der Waals surface area (Å²) in [4.78, 5) is 41.3. The first-order chi connectivity index (χ1) is 17.5. The number of nitrogens with one attached hydrogen (secondary N) is 1. The number of anilines is 1. The van der Waals surface area contributed by atoms with E-state index in [2.05, 4.69) is 4.98 Å². The number of nitrogens with zero attached hydrogens (tertiary/aromatic N) is 2. The van der Waals surface area contributed by atoms with Gasteiger partial charge in [0.1, 0.15) is 6.61 Å². The van der Waals surface area contributed by atoms with Gasteiger partial charge < -0.3 is 20.4 Å². The normalized spacial score (nSPS) is 16.0. The molecule has 2 aromatic carbocycles. The minimum atomic E-state index is -3.76. The Labute approximate surface area is 215 Å². The van der Waals surface area contributed by atoms with Crippen molar-refractivity contribution in [2.45, 2.75) is 30.8 Å². The number of aromatic nitrogens is 1. The summed E-state index contributed by atoms with van der Waals surface area (Å²) in [6.07, 6.45) is 0.453. The highest BCUT2D eigenvalue weighted by Gasteiger charge is 2.28. The minimum absolute atomic E-state index is 0.0252. The van der Waals surface area contributed by atoms with Crippen LogP contribution in [0.4, 0.5) is 5.69 Å². The van der Waals surface area contributed by atoms with Crippen LogP contribution < -0.4 is 16.2 Å². The highest BCUT2D eigenvalue weighted by molar-refractivity contribution is 7.89. The van der Waals surface area contributed by atoms with Crippen molar-refractivity contribution < 1.29 is 22.7 Å². The van der Waals surface area contributed by atoms with E-state index in [1.54, 1.807) is 18.2 Å². The van der Waals surface area contributed by atoms with Crippen molar-refractivity contribution in [3.05, 3.63) is 69.5 Å². The van der Waals surface area contributed by atoms with E-state index >= 15 is 0 Å². The number of carbonyl (C=O) groups excluding carboxylic acids is 2. The summed E-state index contributed by atoms with van der Waals surface area (Å²) in [6, 6.07) is 11.5. The van der Waals surface area contributed by atoms with Crippen LogP contribution in [0.1, 0.15) is 27.9 Å². The first kappa shape index (κ1) is 26.5. The van der Waals surface area contributed by atoms with Gasteiger partial charge in [-0.3, -0.25) is 14.4 Å². The number of ketones is 1. The Bertz CT molecular complexity index is 1530. The SMILES string of the molecule is Cc1cc(=O)[nH]c2ccc(CC(=O)c3cc(S(=O)(=O)N(C)C)ccc3N3CCC(OCC(N)=O)C3)cc12. The lowest BCUT2D eigenvalue weighted by molar-refractivity contribution is -0.124. The second kappa shape index (κ2) is 10.4. The molecule has 11 heteroatoms. The number of benzene rings is 2. The van der Waals surface area contributed by atoms with Crippen LogP contribution in [-0.4, -0.2) is 69.3 Å². The van der Waals surface area contributed by atoms with Crippen molar-refractivity contribution >= 4 is 38.3 Å². The predicted octanol–water partition coefficient (Wildman–Crippen LogP) is 1.59. The number of sulfonamides is 1. The number of fused-ring (bicyclic) bond motifs is 1. The average Bonchev–Trinajstić information content (AvgIpc) is 3.31. The summed E-state index contributed by atoms with van der Waals surface area (Å²) in [5.41, 5.74) is 8.11. The van der Waals surface area contributed by atoms with Crippen molar-refractivity contribution in [1.29, 1.82) is 0 Å². The van der Waals surface area contributed by atoms with Crippen molar-refractivity contribution in [1.82, 2.24) is 9.29 Å². The average molecular weight is 527 g/mol. The molecule has 1 fully saturated rings. The maximum Gasteiger partial charge on any atom is 0.248 e. The van der Waals surface area contributed by atoms with Crippen LogP contribution in [0, 0.1) is 6.92 Å². The summed E-state index contributed by atoms with van der Waals surface area (Å²) in [5, 5.41) is 0.836. The lowest BCUT2D eigenvalue weighted by Crippen LogP contribution is -2.28. The van der Waals surface area contributed by atoms with Gasteiger partial charge in [-0.2, -0.15) is 0 Å². The van der Waals surface area contributed by atoms with Crippen molar-refractivity contribution in [2.24, 2.45) is 5.73 Å². The molecule has 37 heavy (non-hydrogen) atoms. The lowest BCUT2D eigenvalue weighted by Gasteiger charge is -2.23. The zero-order valence-corrected chi connectivity index (χ0v) is 21.8. The fourth-order valence-electron chi connectivity index (χ4n) is 4.53. The molecular formula is C26H30N4O6S. The first-order valence-electron chi connectivity index (χ1n) is 11.8. The third kappa shape index (κ3) is 5.74. The Balaban J connectivity index is 1.69. The van der Waals surface area contributed by atoms with Gasteiger partial charge in [-0.05, 0) is 54.8 Å². The topological polar surface area (TPSA) is 143 Å². The van der Waals surface area contributed by atoms with Gasteiger partial charge in [0, 0.05) is 61.8 Å². The maximum absolute atomic E-state index is 13.6. The molecule has 1 amide bonds. The zero-order chi connectivity index (χ0) is 26.9. The molecule has 3 aromatic rings. The number of primary amides is 1. The summed E-state index contributed by atoms with van der Waals surface area (Å²) >= 11 is 0. The number of carbonyl (C=O) groups is 2. The summed E-state index contributed by atoms with van der Waals surface area (Å²) < 4.78 is 32.3. The zero-order valence-electron chi connectivity index (χ0n) is 21.0. The fraction of sp³-hybridized carbons (Fsp3) is 0.346. The number of ether oxygens (including phenoxy) is 1. The summed E-state index contributed by atoms with van der Waals surface area (Å²) in [6.45, 7) is 2.67. The third-order valence-corrected chi connectivity index (χ3v) is 8.28. The van der Waals surface area contributed by atoms with E-state index < -0.39 is 15.9 Å². The number of rotatable bonds is 9. The molecule has 1 saturated heterocycles. The molecule has 1 aliphatic heterocycles. The van der Waals surface area contributed by atoms with E-state index in [1.165, 1.54) is 32.3 Å². The second-order valence-corrected chi connectivity index (χ2v) is 11.5. The number of Topliss-reactive ketones (excluding diaryl/α,β-unsaturated/α-hetero) is 1. The number of H-pyrrole nitrogens is 1. The molecule has 1 aliphatic rings. The molecule has 196 valence electrons. The quantitative estimate of drug-likeness (QED) is 0.403. The largest absolute Gasteiger partial charge is 0.368 e. The smallest absolute Gasteiger partial charge is 0.248 e. The molecule has 1 aromatic heterocycles. The van der Waals surface area contributed by atoms with Gasteiger partial charge >= 0.3 is 0 Å². The molecular weight excluding hydrogens is 496 g/mol. The standard InChI is InChI=1S/C26H30N4O6S/c1-16-10-26(33)28-22-6-4-17(11-20(16)22)12-24(31)21-13-19(37(34,35)29(2)3)5-7-23(21)30-9-8-18(14-30)36-15-25(27)32/h4-7,10-11,13,18H,8-9,12,14-15H2,1-3H3,(H2,27,32)(H,28,33). The van der Waals surface area contributed by atoms with E-state index in [9.17, 15) is 22.8 Å². The molecule has 10 nitrogen and oxygen atoms in total. The van der Waals surface area contributed by atoms with Crippen LogP contribution >= 0.6 is 0 Å². The number of hydrogen-bond acceptors (Lipinski definition) is 7. The van der Waals surface area contributed by atoms with E-state index in [0.717, 1.165) is 20.8 Å². The van der Waals surface area contributed by atoms with Crippen LogP contribution in [0.5, 0.6) is 0 Å². The number of hydrogen-bond donors (Lipinski definition) is 2. The molecule has 3 N–H and O–H groups in total. The van der Waals surface area contributed by atoms with Crippen molar-refractivity contribution in [3.63, 3.8) is 0 Å². The maximum atomic E-state index is 13.6. The highest BCUT2D eigenvalue weighted by atomic mass is 32.2. The van der Waals surface area contributed by atoms with E-state index in [4.69, 9.17) is 10.5 Å². The molecule has 0 spiro atoms. The van der Waals surface area contributed by atoms with Crippen LogP contribution in [0.25, 0.3) is 10.9 Å². The Morgan fingerprint density at radius 3 is 2.62 bits per heavy atom. The Hall–Kier alpha value is -3.54. The summed E-state index contributed by atoms with van der Waals surface area (Å²) in [7, 11) is -0.884. The van der Waals surface area contributed by atoms with E-state index in [0.29, 0.717) is 30.7 Å². The van der Waals surface area contributed by atoms with Crippen LogP contribution in [0.15, 0.2) is 52.2 Å². The number of nitrogens with two attached hydrogens (primary N) is 1. The van der Waals surface area contributed by atoms with Crippen LogP contribution in [0.2, 0.25) is 0 Å². The van der Waals surface area contributed by atoms with Gasteiger partial charge in [0.15, 0.2) is 5.78 Å². The van der Waals surface area contributed by atoms with Gasteiger partial charge in [0.2, 0.25) is 21.5 Å².